The SMILES string of the molecule is CN=C1NCC(c2ccc(Cl)nc2)N1C(=O)C(=CO)c1ccccc1. The van der Waals surface area contributed by atoms with E-state index in [1.807, 2.05) is 24.3 Å². The number of benzene rings is 1. The van der Waals surface area contributed by atoms with E-state index >= 15 is 0 Å². The zero-order valence-corrected chi connectivity index (χ0v) is 14.3. The fourth-order valence-electron chi connectivity index (χ4n) is 2.79. The van der Waals surface area contributed by atoms with Gasteiger partial charge >= 0.3 is 0 Å². The Labute approximate surface area is 150 Å². The molecule has 1 aromatic carbocycles. The van der Waals surface area contributed by atoms with Gasteiger partial charge in [0.25, 0.3) is 5.91 Å². The molecule has 1 unspecified atom stereocenters. The third-order valence-electron chi connectivity index (χ3n) is 4.00. The smallest absolute Gasteiger partial charge is 0.264 e. The summed E-state index contributed by atoms with van der Waals surface area (Å²) in [4.78, 5) is 22.9. The van der Waals surface area contributed by atoms with E-state index in [1.165, 1.54) is 4.90 Å². The van der Waals surface area contributed by atoms with E-state index in [9.17, 15) is 9.90 Å². The van der Waals surface area contributed by atoms with Crippen molar-refractivity contribution in [3.05, 3.63) is 71.2 Å². The van der Waals surface area contributed by atoms with Crippen LogP contribution >= 0.6 is 11.6 Å². The van der Waals surface area contributed by atoms with Crippen LogP contribution in [0.4, 0.5) is 0 Å². The highest BCUT2D eigenvalue weighted by atomic mass is 35.5. The Hall–Kier alpha value is -2.86. The van der Waals surface area contributed by atoms with Gasteiger partial charge in [-0.25, -0.2) is 4.98 Å². The Kier molecular flexibility index (Phi) is 5.00. The van der Waals surface area contributed by atoms with Gasteiger partial charge in [0, 0.05) is 19.8 Å². The highest BCUT2D eigenvalue weighted by Gasteiger charge is 2.37. The molecule has 25 heavy (non-hydrogen) atoms. The monoisotopic (exact) mass is 356 g/mol. The van der Waals surface area contributed by atoms with Gasteiger partial charge in [0.2, 0.25) is 5.96 Å². The van der Waals surface area contributed by atoms with Gasteiger partial charge in [-0.1, -0.05) is 48.0 Å². The second-order valence-electron chi connectivity index (χ2n) is 5.44. The molecule has 1 amide bonds. The largest absolute Gasteiger partial charge is 0.515 e. The van der Waals surface area contributed by atoms with Crippen LogP contribution in [-0.4, -0.2) is 40.4 Å². The number of rotatable bonds is 3. The molecule has 0 saturated carbocycles. The maximum Gasteiger partial charge on any atom is 0.264 e. The second-order valence-corrected chi connectivity index (χ2v) is 5.83. The number of hydrogen-bond acceptors (Lipinski definition) is 4. The number of aliphatic hydroxyl groups is 1. The van der Waals surface area contributed by atoms with Crippen LogP contribution in [0, 0.1) is 0 Å². The lowest BCUT2D eigenvalue weighted by Gasteiger charge is -2.24. The van der Waals surface area contributed by atoms with Crippen molar-refractivity contribution in [2.24, 2.45) is 4.99 Å². The first-order chi connectivity index (χ1) is 12.2. The molecular formula is C18H17ClN4O2. The summed E-state index contributed by atoms with van der Waals surface area (Å²) in [5.74, 6) is 0.0967. The molecule has 1 aromatic heterocycles. The van der Waals surface area contributed by atoms with Crippen LogP contribution in [0.5, 0.6) is 0 Å². The number of carbonyl (C=O) groups is 1. The number of carbonyl (C=O) groups excluding carboxylic acids is 1. The molecule has 2 aromatic rings. The fraction of sp³-hybridized carbons (Fsp3) is 0.167. The van der Waals surface area contributed by atoms with Gasteiger partial charge in [-0.15, -0.1) is 0 Å². The van der Waals surface area contributed by atoms with Crippen LogP contribution in [0.15, 0.2) is 59.9 Å². The number of aliphatic imine (C=N–C) groups is 1. The summed E-state index contributed by atoms with van der Waals surface area (Å²) in [6, 6.07) is 12.2. The van der Waals surface area contributed by atoms with Crippen molar-refractivity contribution >= 4 is 29.0 Å². The van der Waals surface area contributed by atoms with Gasteiger partial charge in [-0.05, 0) is 17.2 Å². The number of hydrogen-bond donors (Lipinski definition) is 2. The number of aliphatic hydroxyl groups excluding tert-OH is 1. The number of nitrogens with one attached hydrogen (secondary N) is 1. The maximum absolute atomic E-state index is 13.1. The molecule has 0 bridgehead atoms. The summed E-state index contributed by atoms with van der Waals surface area (Å²) in [5, 5.41) is 13.2. The van der Waals surface area contributed by atoms with Gasteiger partial charge in [-0.2, -0.15) is 0 Å². The first-order valence-electron chi connectivity index (χ1n) is 7.71. The molecule has 7 heteroatoms. The van der Waals surface area contributed by atoms with Crippen LogP contribution in [0.25, 0.3) is 5.57 Å². The van der Waals surface area contributed by atoms with E-state index < -0.39 is 0 Å². The molecule has 2 heterocycles. The summed E-state index contributed by atoms with van der Waals surface area (Å²) >= 11 is 5.85. The van der Waals surface area contributed by atoms with Gasteiger partial charge in [0.05, 0.1) is 17.9 Å². The van der Waals surface area contributed by atoms with E-state index in [1.54, 1.807) is 31.4 Å². The van der Waals surface area contributed by atoms with Crippen molar-refractivity contribution in [2.75, 3.05) is 13.6 Å². The van der Waals surface area contributed by atoms with E-state index in [2.05, 4.69) is 15.3 Å². The summed E-state index contributed by atoms with van der Waals surface area (Å²) in [7, 11) is 1.61. The second kappa shape index (κ2) is 7.36. The molecular weight excluding hydrogens is 340 g/mol. The molecule has 1 saturated heterocycles. The molecule has 0 aliphatic carbocycles. The standard InChI is InChI=1S/C18H17ClN4O2/c1-20-18-22-10-15(13-7-8-16(19)21-9-13)23(18)17(25)14(11-24)12-5-3-2-4-6-12/h2-9,11,15,24H,10H2,1H3,(H,20,22). The molecule has 2 N–H and O–H groups in total. The number of aromatic nitrogens is 1. The van der Waals surface area contributed by atoms with Crippen molar-refractivity contribution in [1.29, 1.82) is 0 Å². The number of amides is 1. The molecule has 0 radical (unpaired) electrons. The molecule has 1 aliphatic rings. The van der Waals surface area contributed by atoms with E-state index in [-0.39, 0.29) is 17.5 Å². The third kappa shape index (κ3) is 3.34. The van der Waals surface area contributed by atoms with Crippen molar-refractivity contribution in [2.45, 2.75) is 6.04 Å². The lowest BCUT2D eigenvalue weighted by Crippen LogP contribution is -2.37. The Bertz CT molecular complexity index is 819. The zero-order valence-electron chi connectivity index (χ0n) is 13.6. The van der Waals surface area contributed by atoms with Gasteiger partial charge in [-0.3, -0.25) is 14.7 Å². The van der Waals surface area contributed by atoms with Crippen LogP contribution in [-0.2, 0) is 4.79 Å². The summed E-state index contributed by atoms with van der Waals surface area (Å²) in [5.41, 5.74) is 1.65. The molecule has 1 fully saturated rings. The third-order valence-corrected chi connectivity index (χ3v) is 4.23. The van der Waals surface area contributed by atoms with Crippen LogP contribution in [0.2, 0.25) is 5.15 Å². The molecule has 3 rings (SSSR count). The number of halogens is 1. The molecule has 1 atom stereocenters. The summed E-state index contributed by atoms with van der Waals surface area (Å²) in [6.07, 6.45) is 2.47. The Morgan fingerprint density at radius 2 is 2.12 bits per heavy atom. The highest BCUT2D eigenvalue weighted by molar-refractivity contribution is 6.29. The topological polar surface area (TPSA) is 77.8 Å². The molecule has 128 valence electrons. The Morgan fingerprint density at radius 3 is 2.72 bits per heavy atom. The minimum absolute atomic E-state index is 0.192. The Morgan fingerprint density at radius 1 is 1.36 bits per heavy atom. The molecule has 0 spiro atoms. The minimum Gasteiger partial charge on any atom is -0.515 e. The predicted octanol–water partition coefficient (Wildman–Crippen LogP) is 2.79. The minimum atomic E-state index is -0.348. The maximum atomic E-state index is 13.1. The number of pyridine rings is 1. The Balaban J connectivity index is 1.98. The van der Waals surface area contributed by atoms with Crippen molar-refractivity contribution in [3.63, 3.8) is 0 Å². The summed E-state index contributed by atoms with van der Waals surface area (Å²) in [6.45, 7) is 0.495. The van der Waals surface area contributed by atoms with Gasteiger partial charge in [0.15, 0.2) is 0 Å². The normalized spacial score (nSPS) is 19.1. The molecule has 6 nitrogen and oxygen atoms in total. The van der Waals surface area contributed by atoms with Crippen molar-refractivity contribution in [3.8, 4) is 0 Å². The average Bonchev–Trinajstić information content (AvgIpc) is 3.08. The first kappa shape index (κ1) is 17.0. The van der Waals surface area contributed by atoms with Gasteiger partial charge in [0.1, 0.15) is 5.15 Å². The highest BCUT2D eigenvalue weighted by Crippen LogP contribution is 2.29. The first-order valence-corrected chi connectivity index (χ1v) is 8.09. The number of nitrogens with zero attached hydrogens (tertiary/aromatic N) is 3. The van der Waals surface area contributed by atoms with E-state index in [0.29, 0.717) is 23.2 Å². The predicted molar refractivity (Wildman–Crippen MR) is 97.2 cm³/mol. The van der Waals surface area contributed by atoms with Crippen LogP contribution < -0.4 is 5.32 Å². The lowest BCUT2D eigenvalue weighted by atomic mass is 10.0. The fourth-order valence-corrected chi connectivity index (χ4v) is 2.90. The van der Waals surface area contributed by atoms with Crippen LogP contribution in [0.3, 0.4) is 0 Å². The van der Waals surface area contributed by atoms with E-state index in [4.69, 9.17) is 11.6 Å². The van der Waals surface area contributed by atoms with Gasteiger partial charge < -0.3 is 10.4 Å². The van der Waals surface area contributed by atoms with E-state index in [0.717, 1.165) is 11.8 Å². The molecule has 1 aliphatic heterocycles. The van der Waals surface area contributed by atoms with Crippen molar-refractivity contribution in [1.82, 2.24) is 15.2 Å². The van der Waals surface area contributed by atoms with Crippen molar-refractivity contribution < 1.29 is 9.90 Å². The number of guanidine groups is 1. The average molecular weight is 357 g/mol. The zero-order chi connectivity index (χ0) is 17.8. The quantitative estimate of drug-likeness (QED) is 0.503. The summed E-state index contributed by atoms with van der Waals surface area (Å²) < 4.78 is 0. The lowest BCUT2D eigenvalue weighted by molar-refractivity contribution is -0.122. The van der Waals surface area contributed by atoms with Crippen LogP contribution in [0.1, 0.15) is 17.2 Å².